The zero-order valence-corrected chi connectivity index (χ0v) is 11.5. The van der Waals surface area contributed by atoms with Crippen LogP contribution in [0.1, 0.15) is 65.2 Å². The number of carbonyl (C=O) groups is 2. The van der Waals surface area contributed by atoms with E-state index in [9.17, 15) is 9.59 Å². The van der Waals surface area contributed by atoms with E-state index in [2.05, 4.69) is 0 Å². The van der Waals surface area contributed by atoms with Crippen LogP contribution in [-0.4, -0.2) is 22.2 Å². The molecule has 0 aromatic heterocycles. The van der Waals surface area contributed by atoms with Gasteiger partial charge in [-0.25, -0.2) is 0 Å². The maximum atomic E-state index is 10.6. The molecule has 0 spiro atoms. The first kappa shape index (κ1) is 16.9. The highest BCUT2D eigenvalue weighted by Gasteiger charge is 2.10. The second-order valence-corrected chi connectivity index (χ2v) is 5.18. The van der Waals surface area contributed by atoms with E-state index in [-0.39, 0.29) is 11.8 Å². The van der Waals surface area contributed by atoms with Crippen molar-refractivity contribution in [3.8, 4) is 0 Å². The Morgan fingerprint density at radius 2 is 1.00 bits per heavy atom. The van der Waals surface area contributed by atoms with E-state index in [4.69, 9.17) is 10.2 Å². The first-order chi connectivity index (χ1) is 8.45. The molecule has 0 radical (unpaired) electrons. The summed E-state index contributed by atoms with van der Waals surface area (Å²) in [5.41, 5.74) is 0. The summed E-state index contributed by atoms with van der Waals surface area (Å²) >= 11 is 0. The minimum absolute atomic E-state index is 0.235. The van der Waals surface area contributed by atoms with E-state index in [0.717, 1.165) is 51.4 Å². The number of aliphatic carboxylic acids is 2. The summed E-state index contributed by atoms with van der Waals surface area (Å²) < 4.78 is 0. The van der Waals surface area contributed by atoms with Gasteiger partial charge in [0.25, 0.3) is 0 Å². The van der Waals surface area contributed by atoms with Crippen molar-refractivity contribution in [2.75, 3.05) is 0 Å². The molecule has 0 rings (SSSR count). The van der Waals surface area contributed by atoms with Crippen LogP contribution in [0.2, 0.25) is 0 Å². The Bertz CT molecular complexity index is 224. The van der Waals surface area contributed by atoms with Crippen molar-refractivity contribution in [3.05, 3.63) is 0 Å². The number of carboxylic acids is 2. The van der Waals surface area contributed by atoms with E-state index in [1.807, 2.05) is 0 Å². The lowest BCUT2D eigenvalue weighted by Gasteiger charge is -2.06. The van der Waals surface area contributed by atoms with Gasteiger partial charge in [0.15, 0.2) is 0 Å². The van der Waals surface area contributed by atoms with Crippen molar-refractivity contribution in [1.29, 1.82) is 0 Å². The van der Waals surface area contributed by atoms with Gasteiger partial charge in [0.05, 0.1) is 11.8 Å². The van der Waals surface area contributed by atoms with Crippen molar-refractivity contribution in [1.82, 2.24) is 0 Å². The van der Waals surface area contributed by atoms with Gasteiger partial charge in [-0.3, -0.25) is 9.59 Å². The Morgan fingerprint density at radius 1 is 0.722 bits per heavy atom. The van der Waals surface area contributed by atoms with E-state index < -0.39 is 11.9 Å². The smallest absolute Gasteiger partial charge is 0.306 e. The van der Waals surface area contributed by atoms with Crippen molar-refractivity contribution >= 4 is 11.9 Å². The highest BCUT2D eigenvalue weighted by atomic mass is 16.4. The molecule has 0 bridgehead atoms. The van der Waals surface area contributed by atoms with Gasteiger partial charge < -0.3 is 10.2 Å². The Balaban J connectivity index is 3.26. The fourth-order valence-corrected chi connectivity index (χ4v) is 1.86. The van der Waals surface area contributed by atoms with Gasteiger partial charge in [0, 0.05) is 0 Å². The summed E-state index contributed by atoms with van der Waals surface area (Å²) in [5.74, 6) is -1.89. The molecule has 0 aromatic carbocycles. The zero-order valence-electron chi connectivity index (χ0n) is 11.5. The van der Waals surface area contributed by atoms with Crippen molar-refractivity contribution in [3.63, 3.8) is 0 Å². The topological polar surface area (TPSA) is 74.6 Å². The van der Waals surface area contributed by atoms with Crippen molar-refractivity contribution in [2.45, 2.75) is 65.2 Å². The van der Waals surface area contributed by atoms with E-state index in [1.165, 1.54) is 0 Å². The molecule has 0 unspecified atom stereocenters. The third-order valence-corrected chi connectivity index (χ3v) is 3.37. The van der Waals surface area contributed by atoms with Crippen LogP contribution in [0.15, 0.2) is 0 Å². The predicted molar refractivity (Wildman–Crippen MR) is 70.5 cm³/mol. The first-order valence-corrected chi connectivity index (χ1v) is 6.90. The second kappa shape index (κ2) is 9.92. The van der Waals surface area contributed by atoms with Crippen LogP contribution in [0.25, 0.3) is 0 Å². The summed E-state index contributed by atoms with van der Waals surface area (Å²) in [6, 6.07) is 0. The quantitative estimate of drug-likeness (QED) is 0.556. The predicted octanol–water partition coefficient (Wildman–Crippen LogP) is 3.55. The molecule has 0 amide bonds. The van der Waals surface area contributed by atoms with E-state index in [0.29, 0.717) is 0 Å². The minimum atomic E-state index is -0.711. The van der Waals surface area contributed by atoms with Crippen LogP contribution in [0, 0.1) is 11.8 Å². The third-order valence-electron chi connectivity index (χ3n) is 3.37. The van der Waals surface area contributed by atoms with Crippen molar-refractivity contribution in [2.24, 2.45) is 11.8 Å². The number of carboxylic acid groups (broad SMARTS) is 2. The highest BCUT2D eigenvalue weighted by Crippen LogP contribution is 2.14. The van der Waals surface area contributed by atoms with E-state index in [1.54, 1.807) is 13.8 Å². The molecule has 4 nitrogen and oxygen atoms in total. The van der Waals surface area contributed by atoms with E-state index >= 15 is 0 Å². The minimum Gasteiger partial charge on any atom is -0.481 e. The molecule has 0 aliphatic carbocycles. The van der Waals surface area contributed by atoms with Crippen LogP contribution in [0.3, 0.4) is 0 Å². The van der Waals surface area contributed by atoms with Gasteiger partial charge in [-0.1, -0.05) is 52.4 Å². The van der Waals surface area contributed by atoms with Gasteiger partial charge in [0.2, 0.25) is 0 Å². The molecule has 0 saturated heterocycles. The fourth-order valence-electron chi connectivity index (χ4n) is 1.86. The summed E-state index contributed by atoms with van der Waals surface area (Å²) in [7, 11) is 0. The second-order valence-electron chi connectivity index (χ2n) is 5.18. The van der Waals surface area contributed by atoms with Crippen LogP contribution in [0.5, 0.6) is 0 Å². The van der Waals surface area contributed by atoms with Gasteiger partial charge in [-0.2, -0.15) is 0 Å². The Hall–Kier alpha value is -1.06. The molecule has 18 heavy (non-hydrogen) atoms. The molecule has 0 aliphatic heterocycles. The third kappa shape index (κ3) is 9.02. The van der Waals surface area contributed by atoms with Gasteiger partial charge in [0.1, 0.15) is 0 Å². The van der Waals surface area contributed by atoms with Crippen LogP contribution in [-0.2, 0) is 9.59 Å². The first-order valence-electron chi connectivity index (χ1n) is 6.90. The standard InChI is InChI=1S/C14H26O4/c1-11(13(15)16)9-7-5-3-4-6-8-10-12(2)14(17)18/h11-12H,3-10H2,1-2H3,(H,15,16)(H,17,18)/t11-,12+. The van der Waals surface area contributed by atoms with Crippen LogP contribution in [0.4, 0.5) is 0 Å². The lowest BCUT2D eigenvalue weighted by Crippen LogP contribution is -2.09. The van der Waals surface area contributed by atoms with Crippen LogP contribution < -0.4 is 0 Å². The number of unbranched alkanes of at least 4 members (excludes halogenated alkanes) is 5. The van der Waals surface area contributed by atoms with Crippen molar-refractivity contribution < 1.29 is 19.8 Å². The summed E-state index contributed by atoms with van der Waals surface area (Å²) in [6.07, 6.45) is 7.84. The normalized spacial score (nSPS) is 14.1. The Labute approximate surface area is 109 Å². The lowest BCUT2D eigenvalue weighted by molar-refractivity contribution is -0.142. The fraction of sp³-hybridized carbons (Fsp3) is 0.857. The Morgan fingerprint density at radius 3 is 1.28 bits per heavy atom. The number of rotatable bonds is 11. The highest BCUT2D eigenvalue weighted by molar-refractivity contribution is 5.69. The number of hydrogen-bond donors (Lipinski definition) is 2. The maximum Gasteiger partial charge on any atom is 0.306 e. The summed E-state index contributed by atoms with van der Waals surface area (Å²) in [6.45, 7) is 3.49. The molecule has 0 saturated carbocycles. The average molecular weight is 258 g/mol. The summed E-state index contributed by atoms with van der Waals surface area (Å²) in [4.78, 5) is 21.2. The molecule has 0 aromatic rings. The average Bonchev–Trinajstić information content (AvgIpc) is 2.31. The van der Waals surface area contributed by atoms with Crippen LogP contribution >= 0.6 is 0 Å². The zero-order chi connectivity index (χ0) is 14.0. The lowest BCUT2D eigenvalue weighted by atomic mass is 10.00. The summed E-state index contributed by atoms with van der Waals surface area (Å²) in [5, 5.41) is 17.4. The van der Waals surface area contributed by atoms with Gasteiger partial charge in [-0.15, -0.1) is 0 Å². The molecule has 2 atom stereocenters. The molecule has 4 heteroatoms. The molecular weight excluding hydrogens is 232 g/mol. The molecule has 0 fully saturated rings. The Kier molecular flexibility index (Phi) is 9.33. The molecule has 0 heterocycles. The monoisotopic (exact) mass is 258 g/mol. The maximum absolute atomic E-state index is 10.6. The molecule has 106 valence electrons. The van der Waals surface area contributed by atoms with Gasteiger partial charge >= 0.3 is 11.9 Å². The largest absolute Gasteiger partial charge is 0.481 e. The SMILES string of the molecule is C[C@H](CCCCCCCC[C@H](C)C(=O)O)C(=O)O. The molecular formula is C14H26O4. The molecule has 2 N–H and O–H groups in total. The van der Waals surface area contributed by atoms with Gasteiger partial charge in [-0.05, 0) is 12.8 Å². The molecule has 0 aliphatic rings. The number of hydrogen-bond acceptors (Lipinski definition) is 2.